The van der Waals surface area contributed by atoms with Crippen LogP contribution in [0.3, 0.4) is 0 Å². The number of nitrogens with two attached hydrogens (primary N) is 1. The Morgan fingerprint density at radius 3 is 2.62 bits per heavy atom. The van der Waals surface area contributed by atoms with Gasteiger partial charge in [0, 0.05) is 5.56 Å². The van der Waals surface area contributed by atoms with Crippen molar-refractivity contribution in [1.82, 2.24) is 0 Å². The number of oxime groups is 1. The minimum absolute atomic E-state index is 0.0557. The van der Waals surface area contributed by atoms with Crippen LogP contribution in [0.4, 0.5) is 0 Å². The van der Waals surface area contributed by atoms with Crippen LogP contribution < -0.4 is 5.90 Å². The Morgan fingerprint density at radius 2 is 2.06 bits per heavy atom. The maximum atomic E-state index is 11.5. The van der Waals surface area contributed by atoms with Gasteiger partial charge in [0.1, 0.15) is 7.11 Å². The fraction of sp³-hybridized carbons (Fsp3) is 0.200. The van der Waals surface area contributed by atoms with Crippen molar-refractivity contribution >= 4 is 11.7 Å². The summed E-state index contributed by atoms with van der Waals surface area (Å²) >= 11 is 0. The quantitative estimate of drug-likeness (QED) is 0.339. The molecule has 0 amide bonds. The van der Waals surface area contributed by atoms with Crippen LogP contribution in [0.15, 0.2) is 35.5 Å². The van der Waals surface area contributed by atoms with E-state index in [0.29, 0.717) is 5.56 Å². The van der Waals surface area contributed by atoms with Crippen molar-refractivity contribution < 1.29 is 19.2 Å². The first kappa shape index (κ1) is 12.2. The molecule has 0 atom stereocenters. The monoisotopic (exact) mass is 224 g/mol. The maximum Gasteiger partial charge on any atom is 0.363 e. The first-order chi connectivity index (χ1) is 7.79. The number of ether oxygens (including phenoxy) is 1. The van der Waals surface area contributed by atoms with E-state index in [9.17, 15) is 4.79 Å². The normalized spacial score (nSPS) is 11.0. The highest BCUT2D eigenvalue weighted by atomic mass is 16.7. The third kappa shape index (κ3) is 3.34. The molecular formula is C10H12N2O4. The molecule has 1 aromatic rings. The summed E-state index contributed by atoms with van der Waals surface area (Å²) in [7, 11) is 1.34. The Morgan fingerprint density at radius 1 is 1.38 bits per heavy atom. The molecule has 0 radical (unpaired) electrons. The minimum Gasteiger partial charge on any atom is -0.432 e. The van der Waals surface area contributed by atoms with Crippen LogP contribution in [0.5, 0.6) is 0 Å². The van der Waals surface area contributed by atoms with Gasteiger partial charge in [-0.1, -0.05) is 35.5 Å². The van der Waals surface area contributed by atoms with Gasteiger partial charge in [0.25, 0.3) is 0 Å². The van der Waals surface area contributed by atoms with E-state index in [1.165, 1.54) is 7.11 Å². The van der Waals surface area contributed by atoms with Crippen molar-refractivity contribution in [2.24, 2.45) is 11.1 Å². The minimum atomic E-state index is -0.668. The maximum absolute atomic E-state index is 11.5. The Kier molecular flexibility index (Phi) is 4.97. The lowest BCUT2D eigenvalue weighted by Crippen LogP contribution is -2.21. The summed E-state index contributed by atoms with van der Waals surface area (Å²) in [6, 6.07) is 8.79. The molecule has 6 heteroatoms. The molecule has 86 valence electrons. The van der Waals surface area contributed by atoms with Gasteiger partial charge in [-0.3, -0.25) is 4.84 Å². The molecule has 6 nitrogen and oxygen atoms in total. The van der Waals surface area contributed by atoms with Crippen molar-refractivity contribution in [2.45, 2.75) is 0 Å². The van der Waals surface area contributed by atoms with E-state index in [0.717, 1.165) is 0 Å². The molecule has 1 rings (SSSR count). The van der Waals surface area contributed by atoms with Gasteiger partial charge in [-0.15, -0.1) is 0 Å². The van der Waals surface area contributed by atoms with E-state index in [-0.39, 0.29) is 12.5 Å². The van der Waals surface area contributed by atoms with Crippen molar-refractivity contribution in [3.8, 4) is 0 Å². The fourth-order valence-electron chi connectivity index (χ4n) is 1.05. The predicted molar refractivity (Wildman–Crippen MR) is 56.2 cm³/mol. The van der Waals surface area contributed by atoms with Gasteiger partial charge in [0.05, 0.1) is 0 Å². The first-order valence-electron chi connectivity index (χ1n) is 4.45. The van der Waals surface area contributed by atoms with Crippen LogP contribution in [0.25, 0.3) is 0 Å². The number of benzene rings is 1. The van der Waals surface area contributed by atoms with E-state index in [1.807, 2.05) is 6.07 Å². The van der Waals surface area contributed by atoms with E-state index >= 15 is 0 Å². The average molecular weight is 224 g/mol. The summed E-state index contributed by atoms with van der Waals surface area (Å²) < 4.78 is 4.66. The summed E-state index contributed by atoms with van der Waals surface area (Å²) in [5, 5.41) is 3.59. The Labute approximate surface area is 92.5 Å². The van der Waals surface area contributed by atoms with Crippen molar-refractivity contribution in [3.05, 3.63) is 35.9 Å². The molecule has 16 heavy (non-hydrogen) atoms. The lowest BCUT2D eigenvalue weighted by Gasteiger charge is -2.05. The molecule has 0 fully saturated rings. The molecular weight excluding hydrogens is 212 g/mol. The van der Waals surface area contributed by atoms with Crippen LogP contribution >= 0.6 is 0 Å². The van der Waals surface area contributed by atoms with Crippen LogP contribution in [0.2, 0.25) is 0 Å². The second kappa shape index (κ2) is 6.54. The third-order valence-corrected chi connectivity index (χ3v) is 1.68. The van der Waals surface area contributed by atoms with Crippen molar-refractivity contribution in [1.29, 1.82) is 0 Å². The average Bonchev–Trinajstić information content (AvgIpc) is 2.34. The summed E-state index contributed by atoms with van der Waals surface area (Å²) in [6.07, 6.45) is 0. The lowest BCUT2D eigenvalue weighted by molar-refractivity contribution is -0.148. The van der Waals surface area contributed by atoms with Gasteiger partial charge >= 0.3 is 5.97 Å². The Balaban J connectivity index is 2.84. The van der Waals surface area contributed by atoms with Crippen LogP contribution in [0, 0.1) is 0 Å². The van der Waals surface area contributed by atoms with Crippen molar-refractivity contribution in [2.75, 3.05) is 13.9 Å². The molecule has 0 aromatic heterocycles. The third-order valence-electron chi connectivity index (χ3n) is 1.68. The van der Waals surface area contributed by atoms with Gasteiger partial charge < -0.3 is 9.57 Å². The smallest absolute Gasteiger partial charge is 0.363 e. The number of hydrogen-bond acceptors (Lipinski definition) is 6. The number of hydrogen-bond donors (Lipinski definition) is 1. The highest BCUT2D eigenvalue weighted by Crippen LogP contribution is 2.03. The Bertz CT molecular complexity index is 364. The molecule has 2 N–H and O–H groups in total. The second-order valence-electron chi connectivity index (χ2n) is 2.70. The fourth-order valence-corrected chi connectivity index (χ4v) is 1.05. The number of nitrogens with zero attached hydrogens (tertiary/aromatic N) is 1. The zero-order chi connectivity index (χ0) is 11.8. The SMILES string of the molecule is CON=C(C(=O)OCON)c1ccccc1. The molecule has 0 saturated heterocycles. The standard InChI is InChI=1S/C10H12N2O4/c1-14-12-9(10(13)15-7-16-11)8-5-3-2-4-6-8/h2-6H,7,11H2,1H3. The zero-order valence-corrected chi connectivity index (χ0v) is 8.75. The number of carbonyl (C=O) groups excluding carboxylic acids is 1. The van der Waals surface area contributed by atoms with Gasteiger partial charge in [0.2, 0.25) is 6.79 Å². The first-order valence-corrected chi connectivity index (χ1v) is 4.45. The summed E-state index contributed by atoms with van der Waals surface area (Å²) in [5.41, 5.74) is 0.645. The van der Waals surface area contributed by atoms with Gasteiger partial charge in [0.15, 0.2) is 5.71 Å². The largest absolute Gasteiger partial charge is 0.432 e. The zero-order valence-electron chi connectivity index (χ0n) is 8.75. The van der Waals surface area contributed by atoms with Crippen LogP contribution in [-0.4, -0.2) is 25.6 Å². The van der Waals surface area contributed by atoms with E-state index in [2.05, 4.69) is 19.6 Å². The van der Waals surface area contributed by atoms with Gasteiger partial charge in [-0.25, -0.2) is 10.7 Å². The topological polar surface area (TPSA) is 83.1 Å². The van der Waals surface area contributed by atoms with Crippen LogP contribution in [-0.2, 0) is 19.2 Å². The second-order valence-corrected chi connectivity index (χ2v) is 2.70. The lowest BCUT2D eigenvalue weighted by atomic mass is 10.1. The molecule has 0 aliphatic heterocycles. The van der Waals surface area contributed by atoms with E-state index in [1.54, 1.807) is 24.3 Å². The highest BCUT2D eigenvalue weighted by Gasteiger charge is 2.16. The molecule has 0 aliphatic rings. The molecule has 1 aromatic carbocycles. The molecule has 0 aliphatic carbocycles. The Hall–Kier alpha value is -1.92. The summed E-state index contributed by atoms with van der Waals surface area (Å²) in [6.45, 7) is -0.339. The number of rotatable bonds is 5. The van der Waals surface area contributed by atoms with Crippen LogP contribution in [0.1, 0.15) is 5.56 Å². The summed E-state index contributed by atoms with van der Waals surface area (Å²) in [5.74, 6) is 4.07. The molecule has 0 saturated carbocycles. The van der Waals surface area contributed by atoms with Gasteiger partial charge in [-0.2, -0.15) is 0 Å². The number of carbonyl (C=O) groups is 1. The highest BCUT2D eigenvalue weighted by molar-refractivity contribution is 6.43. The number of esters is 1. The molecule has 0 heterocycles. The van der Waals surface area contributed by atoms with E-state index in [4.69, 9.17) is 5.90 Å². The predicted octanol–water partition coefficient (Wildman–Crippen LogP) is 0.428. The summed E-state index contributed by atoms with van der Waals surface area (Å²) in [4.78, 5) is 20.2. The molecule has 0 spiro atoms. The van der Waals surface area contributed by atoms with Gasteiger partial charge in [-0.05, 0) is 0 Å². The molecule has 0 bridgehead atoms. The molecule has 0 unspecified atom stereocenters. The van der Waals surface area contributed by atoms with E-state index < -0.39 is 5.97 Å². The van der Waals surface area contributed by atoms with Crippen molar-refractivity contribution in [3.63, 3.8) is 0 Å².